The smallest absolute Gasteiger partial charge is 0.410 e. The van der Waals surface area contributed by atoms with Crippen molar-refractivity contribution in [3.8, 4) is 11.4 Å². The molecule has 10 nitrogen and oxygen atoms in total. The highest BCUT2D eigenvalue weighted by Gasteiger charge is 2.28. The summed E-state index contributed by atoms with van der Waals surface area (Å²) in [5.74, 6) is 0.375. The van der Waals surface area contributed by atoms with Crippen LogP contribution in [-0.4, -0.2) is 63.4 Å². The topological polar surface area (TPSA) is 119 Å². The van der Waals surface area contributed by atoms with E-state index >= 15 is 0 Å². The van der Waals surface area contributed by atoms with Crippen LogP contribution in [0.5, 0.6) is 5.75 Å². The summed E-state index contributed by atoms with van der Waals surface area (Å²) in [7, 11) is 0. The summed E-state index contributed by atoms with van der Waals surface area (Å²) in [6, 6.07) is 5.10. The first-order chi connectivity index (χ1) is 17.9. The molecule has 1 unspecified atom stereocenters. The molecule has 204 valence electrons. The molecule has 3 aromatic rings. The Bertz CT molecular complexity index is 1470. The summed E-state index contributed by atoms with van der Waals surface area (Å²) in [6.45, 7) is 13.1. The van der Waals surface area contributed by atoms with Gasteiger partial charge in [0.2, 0.25) is 0 Å². The predicted octanol–water partition coefficient (Wildman–Crippen LogP) is 3.86. The zero-order valence-electron chi connectivity index (χ0n) is 22.6. The van der Waals surface area contributed by atoms with E-state index in [2.05, 4.69) is 31.2 Å². The number of benzene rings is 1. The van der Waals surface area contributed by atoms with Gasteiger partial charge in [-0.25, -0.2) is 9.59 Å². The van der Waals surface area contributed by atoms with Crippen molar-refractivity contribution in [2.24, 2.45) is 0 Å². The second-order valence-electron chi connectivity index (χ2n) is 10.8. The number of aryl methyl sites for hydroxylation is 1. The van der Waals surface area contributed by atoms with Gasteiger partial charge in [0.1, 0.15) is 23.3 Å². The quantitative estimate of drug-likeness (QED) is 0.465. The van der Waals surface area contributed by atoms with Gasteiger partial charge in [-0.15, -0.1) is 0 Å². The second kappa shape index (κ2) is 10.9. The van der Waals surface area contributed by atoms with E-state index in [0.717, 1.165) is 11.3 Å². The molecule has 11 heteroatoms. The number of aromatic nitrogens is 3. The minimum Gasteiger partial charge on any atom is -0.491 e. The third-order valence-electron chi connectivity index (χ3n) is 6.21. The largest absolute Gasteiger partial charge is 0.491 e. The molecule has 1 amide bonds. The Morgan fingerprint density at radius 1 is 1.26 bits per heavy atom. The Morgan fingerprint density at radius 3 is 2.68 bits per heavy atom. The van der Waals surface area contributed by atoms with Crippen LogP contribution < -0.4 is 21.3 Å². The minimum atomic E-state index is -0.581. The van der Waals surface area contributed by atoms with E-state index in [-0.39, 0.29) is 30.0 Å². The Labute approximate surface area is 229 Å². The molecule has 3 heterocycles. The predicted molar refractivity (Wildman–Crippen MR) is 150 cm³/mol. The molecule has 1 saturated heterocycles. The first-order valence-electron chi connectivity index (χ1n) is 12.6. The number of rotatable bonds is 5. The fourth-order valence-corrected chi connectivity index (χ4v) is 4.96. The van der Waals surface area contributed by atoms with Crippen LogP contribution in [0.3, 0.4) is 0 Å². The van der Waals surface area contributed by atoms with Crippen LogP contribution in [0.4, 0.5) is 4.79 Å². The van der Waals surface area contributed by atoms with Crippen molar-refractivity contribution in [3.05, 3.63) is 61.0 Å². The third kappa shape index (κ3) is 5.94. The fraction of sp³-hybridized carbons (Fsp3) is 0.481. The standard InChI is InChI=1S/C27H34BrN5O5/c1-15(2)22-23(16(3)7-8-30-22)33-19-11-17(28)12-20(21(19)24(34)31-25(33)35)37-14-18-13-32(10-9-29-18)26(36)38-27(4,5)6/h7-8,11-12,15,18,29H,9-10,13-14H2,1-6H3,(H,31,34,35). The van der Waals surface area contributed by atoms with E-state index in [0.29, 0.717) is 41.1 Å². The molecular weight excluding hydrogens is 554 g/mol. The number of piperazine rings is 1. The van der Waals surface area contributed by atoms with E-state index < -0.39 is 16.9 Å². The zero-order chi connectivity index (χ0) is 27.8. The van der Waals surface area contributed by atoms with Gasteiger partial charge in [-0.3, -0.25) is 19.3 Å². The lowest BCUT2D eigenvalue weighted by molar-refractivity contribution is 0.0178. The monoisotopic (exact) mass is 587 g/mol. The van der Waals surface area contributed by atoms with E-state index in [1.165, 1.54) is 4.57 Å². The fourth-order valence-electron chi connectivity index (χ4n) is 4.54. The van der Waals surface area contributed by atoms with Gasteiger partial charge in [-0.05, 0) is 57.4 Å². The molecule has 1 atom stereocenters. The summed E-state index contributed by atoms with van der Waals surface area (Å²) in [6.07, 6.45) is 1.35. The molecule has 0 radical (unpaired) electrons. The molecule has 1 aromatic carbocycles. The molecule has 2 aromatic heterocycles. The number of H-pyrrole nitrogens is 1. The summed E-state index contributed by atoms with van der Waals surface area (Å²) in [4.78, 5) is 47.4. The average molecular weight is 589 g/mol. The van der Waals surface area contributed by atoms with E-state index in [1.807, 2.05) is 47.6 Å². The number of pyridine rings is 1. The van der Waals surface area contributed by atoms with Crippen molar-refractivity contribution in [2.45, 2.75) is 59.1 Å². The number of hydrogen-bond acceptors (Lipinski definition) is 7. The van der Waals surface area contributed by atoms with Gasteiger partial charge in [0.15, 0.2) is 0 Å². The number of nitrogens with one attached hydrogen (secondary N) is 2. The number of halogens is 1. The highest BCUT2D eigenvalue weighted by atomic mass is 79.9. The van der Waals surface area contributed by atoms with Crippen molar-refractivity contribution in [1.29, 1.82) is 0 Å². The molecule has 0 aliphatic carbocycles. The first-order valence-corrected chi connectivity index (χ1v) is 13.4. The molecule has 38 heavy (non-hydrogen) atoms. The molecule has 4 rings (SSSR count). The van der Waals surface area contributed by atoms with Gasteiger partial charge in [-0.1, -0.05) is 29.8 Å². The Balaban J connectivity index is 1.71. The lowest BCUT2D eigenvalue weighted by Crippen LogP contribution is -2.55. The molecule has 0 saturated carbocycles. The summed E-state index contributed by atoms with van der Waals surface area (Å²) < 4.78 is 13.8. The normalized spacial score (nSPS) is 16.2. The van der Waals surface area contributed by atoms with Crippen molar-refractivity contribution < 1.29 is 14.3 Å². The van der Waals surface area contributed by atoms with Gasteiger partial charge in [0, 0.05) is 30.3 Å². The highest BCUT2D eigenvalue weighted by Crippen LogP contribution is 2.31. The number of ether oxygens (including phenoxy) is 2. The van der Waals surface area contributed by atoms with Crippen LogP contribution in [0.15, 0.2) is 38.5 Å². The van der Waals surface area contributed by atoms with Gasteiger partial charge in [0.05, 0.1) is 22.9 Å². The lowest BCUT2D eigenvalue weighted by Gasteiger charge is -2.34. The summed E-state index contributed by atoms with van der Waals surface area (Å²) >= 11 is 3.52. The maximum Gasteiger partial charge on any atom is 0.410 e. The van der Waals surface area contributed by atoms with Crippen LogP contribution in [0.25, 0.3) is 16.6 Å². The van der Waals surface area contributed by atoms with Crippen molar-refractivity contribution in [1.82, 2.24) is 24.8 Å². The van der Waals surface area contributed by atoms with Gasteiger partial charge in [0.25, 0.3) is 5.56 Å². The third-order valence-corrected chi connectivity index (χ3v) is 6.67. The maximum absolute atomic E-state index is 13.2. The molecule has 0 spiro atoms. The van der Waals surface area contributed by atoms with Crippen molar-refractivity contribution >= 4 is 32.9 Å². The summed E-state index contributed by atoms with van der Waals surface area (Å²) in [5, 5.41) is 3.61. The minimum absolute atomic E-state index is 0.0481. The lowest BCUT2D eigenvalue weighted by atomic mass is 10.0. The Kier molecular flexibility index (Phi) is 7.98. The van der Waals surface area contributed by atoms with Gasteiger partial charge in [-0.2, -0.15) is 0 Å². The SMILES string of the molecule is Cc1ccnc(C(C)C)c1-n1c(=O)[nH]c(=O)c2c(OCC3CN(C(=O)OC(C)(C)C)CCN3)cc(Br)cc21. The van der Waals surface area contributed by atoms with Crippen molar-refractivity contribution in [2.75, 3.05) is 26.2 Å². The van der Waals surface area contributed by atoms with Crippen LogP contribution in [0, 0.1) is 6.92 Å². The average Bonchev–Trinajstić information content (AvgIpc) is 2.82. The molecular formula is C27H34BrN5O5. The van der Waals surface area contributed by atoms with Crippen LogP contribution in [-0.2, 0) is 4.74 Å². The molecule has 1 aliphatic rings. The number of amides is 1. The summed E-state index contributed by atoms with van der Waals surface area (Å²) in [5.41, 5.74) is 0.983. The molecule has 0 bridgehead atoms. The number of hydrogen-bond donors (Lipinski definition) is 2. The van der Waals surface area contributed by atoms with Crippen LogP contribution in [0.1, 0.15) is 51.8 Å². The number of carbonyl (C=O) groups excluding carboxylic acids is 1. The number of carbonyl (C=O) groups is 1. The Hall–Kier alpha value is -3.18. The van der Waals surface area contributed by atoms with E-state index in [4.69, 9.17) is 9.47 Å². The van der Waals surface area contributed by atoms with Gasteiger partial charge >= 0.3 is 11.8 Å². The molecule has 1 aliphatic heterocycles. The van der Waals surface area contributed by atoms with Crippen LogP contribution in [0.2, 0.25) is 0 Å². The van der Waals surface area contributed by atoms with E-state index in [9.17, 15) is 14.4 Å². The van der Waals surface area contributed by atoms with Gasteiger partial charge < -0.3 is 19.7 Å². The van der Waals surface area contributed by atoms with E-state index in [1.54, 1.807) is 23.2 Å². The molecule has 2 N–H and O–H groups in total. The number of fused-ring (bicyclic) bond motifs is 1. The molecule has 1 fully saturated rings. The second-order valence-corrected chi connectivity index (χ2v) is 11.7. The highest BCUT2D eigenvalue weighted by molar-refractivity contribution is 9.10. The maximum atomic E-state index is 13.2. The number of aromatic amines is 1. The first kappa shape index (κ1) is 27.8. The zero-order valence-corrected chi connectivity index (χ0v) is 24.1. The Morgan fingerprint density at radius 2 is 2.00 bits per heavy atom. The van der Waals surface area contributed by atoms with Crippen molar-refractivity contribution in [3.63, 3.8) is 0 Å². The number of nitrogens with zero attached hydrogens (tertiary/aromatic N) is 3. The van der Waals surface area contributed by atoms with Crippen LogP contribution >= 0.6 is 15.9 Å².